The quantitative estimate of drug-likeness (QED) is 0.854. The van der Waals surface area contributed by atoms with Crippen molar-refractivity contribution >= 4 is 21.6 Å². The molecule has 3 nitrogen and oxygen atoms in total. The van der Waals surface area contributed by atoms with Crippen molar-refractivity contribution in [3.63, 3.8) is 0 Å². The van der Waals surface area contributed by atoms with Crippen LogP contribution in [0.15, 0.2) is 40.9 Å². The van der Waals surface area contributed by atoms with E-state index < -0.39 is 0 Å². The van der Waals surface area contributed by atoms with Crippen molar-refractivity contribution < 1.29 is 9.84 Å². The van der Waals surface area contributed by atoms with E-state index in [1.54, 1.807) is 13.2 Å². The minimum atomic E-state index is 0.000724. The fourth-order valence-corrected chi connectivity index (χ4v) is 2.59. The number of aromatic hydroxyl groups is 1. The number of hydrogen-bond donors (Lipinski definition) is 2. The number of methoxy groups -OCH3 is 1. The number of anilines is 1. The molecule has 2 N–H and O–H groups in total. The molecule has 2 rings (SSSR count). The number of hydrogen-bond acceptors (Lipinski definition) is 3. The van der Waals surface area contributed by atoms with Gasteiger partial charge in [0.05, 0.1) is 13.2 Å². The maximum Gasteiger partial charge on any atom is 0.124 e. The lowest BCUT2D eigenvalue weighted by atomic mass is 10.1. The summed E-state index contributed by atoms with van der Waals surface area (Å²) >= 11 is 3.45. The molecule has 0 aliphatic rings. The molecule has 0 aromatic heterocycles. The molecule has 2 aromatic rings. The summed E-state index contributed by atoms with van der Waals surface area (Å²) in [5, 5.41) is 13.5. The third-order valence-electron chi connectivity index (χ3n) is 3.26. The number of nitrogens with one attached hydrogen (secondary N) is 1. The highest BCUT2D eigenvalue weighted by Gasteiger charge is 2.12. The normalized spacial score (nSPS) is 12.0. The summed E-state index contributed by atoms with van der Waals surface area (Å²) in [6, 6.07) is 11.4. The molecule has 0 spiro atoms. The lowest BCUT2D eigenvalue weighted by molar-refractivity contribution is 0.406. The molecular formula is C16H18BrNO2. The van der Waals surface area contributed by atoms with Gasteiger partial charge in [0.1, 0.15) is 11.5 Å². The van der Waals surface area contributed by atoms with E-state index in [9.17, 15) is 5.11 Å². The van der Waals surface area contributed by atoms with Crippen LogP contribution in [0, 0.1) is 6.92 Å². The van der Waals surface area contributed by atoms with Gasteiger partial charge in [-0.25, -0.2) is 0 Å². The largest absolute Gasteiger partial charge is 0.507 e. The number of rotatable bonds is 4. The number of phenolic OH excluding ortho intramolecular Hbond substituents is 1. The molecular weight excluding hydrogens is 318 g/mol. The van der Waals surface area contributed by atoms with Crippen LogP contribution in [-0.4, -0.2) is 12.2 Å². The third kappa shape index (κ3) is 3.25. The molecule has 0 aliphatic carbocycles. The Kier molecular flexibility index (Phi) is 4.55. The van der Waals surface area contributed by atoms with E-state index in [0.717, 1.165) is 21.3 Å². The Bertz CT molecular complexity index is 613. The first-order chi connectivity index (χ1) is 9.51. The summed E-state index contributed by atoms with van der Waals surface area (Å²) in [7, 11) is 1.58. The zero-order valence-corrected chi connectivity index (χ0v) is 13.4. The average Bonchev–Trinajstić information content (AvgIpc) is 2.41. The van der Waals surface area contributed by atoms with Gasteiger partial charge in [-0.2, -0.15) is 0 Å². The lowest BCUT2D eigenvalue weighted by Crippen LogP contribution is -2.08. The monoisotopic (exact) mass is 335 g/mol. The highest BCUT2D eigenvalue weighted by molar-refractivity contribution is 9.10. The Hall–Kier alpha value is -1.68. The molecule has 0 amide bonds. The van der Waals surface area contributed by atoms with E-state index in [1.165, 1.54) is 0 Å². The number of halogens is 1. The number of aryl methyl sites for hydroxylation is 1. The average molecular weight is 336 g/mol. The summed E-state index contributed by atoms with van der Waals surface area (Å²) in [6.07, 6.45) is 0. The van der Waals surface area contributed by atoms with Crippen LogP contribution in [0.2, 0.25) is 0 Å². The molecule has 1 unspecified atom stereocenters. The number of benzene rings is 2. The molecule has 0 saturated carbocycles. The van der Waals surface area contributed by atoms with Crippen LogP contribution < -0.4 is 10.1 Å². The molecule has 4 heteroatoms. The van der Waals surface area contributed by atoms with E-state index in [2.05, 4.69) is 27.3 Å². The molecule has 0 heterocycles. The molecule has 106 valence electrons. The first-order valence-electron chi connectivity index (χ1n) is 6.41. The Morgan fingerprint density at radius 2 is 1.95 bits per heavy atom. The maximum atomic E-state index is 10.1. The van der Waals surface area contributed by atoms with Gasteiger partial charge >= 0.3 is 0 Å². The highest BCUT2D eigenvalue weighted by atomic mass is 79.9. The fraction of sp³-hybridized carbons (Fsp3) is 0.250. The van der Waals surface area contributed by atoms with Gasteiger partial charge in [0.15, 0.2) is 0 Å². The fourth-order valence-electron chi connectivity index (χ4n) is 2.12. The summed E-state index contributed by atoms with van der Waals surface area (Å²) in [4.78, 5) is 0. The van der Waals surface area contributed by atoms with Gasteiger partial charge < -0.3 is 15.2 Å². The smallest absolute Gasteiger partial charge is 0.124 e. The first-order valence-corrected chi connectivity index (χ1v) is 7.20. The van der Waals surface area contributed by atoms with Gasteiger partial charge in [0.25, 0.3) is 0 Å². The van der Waals surface area contributed by atoms with Crippen molar-refractivity contribution in [1.29, 1.82) is 0 Å². The van der Waals surface area contributed by atoms with E-state index in [-0.39, 0.29) is 11.8 Å². The summed E-state index contributed by atoms with van der Waals surface area (Å²) in [5.74, 6) is 0.886. The van der Waals surface area contributed by atoms with Crippen LogP contribution >= 0.6 is 15.9 Å². The van der Waals surface area contributed by atoms with Crippen LogP contribution in [0.4, 0.5) is 5.69 Å². The van der Waals surface area contributed by atoms with Crippen molar-refractivity contribution in [2.24, 2.45) is 0 Å². The van der Waals surface area contributed by atoms with Gasteiger partial charge in [-0.3, -0.25) is 0 Å². The standard InChI is InChI=1S/C16H18BrNO2/c1-10-8-12(17)4-7-15(10)18-11(2)14-6-5-13(20-3)9-16(14)19/h4-9,11,18-19H,1-3H3. The van der Waals surface area contributed by atoms with Crippen molar-refractivity contribution in [3.8, 4) is 11.5 Å². The Morgan fingerprint density at radius 1 is 1.20 bits per heavy atom. The molecule has 1 atom stereocenters. The van der Waals surface area contributed by atoms with E-state index in [1.807, 2.05) is 38.1 Å². The van der Waals surface area contributed by atoms with Crippen LogP contribution in [0.1, 0.15) is 24.1 Å². The Balaban J connectivity index is 2.21. The topological polar surface area (TPSA) is 41.5 Å². The molecule has 20 heavy (non-hydrogen) atoms. The number of ether oxygens (including phenoxy) is 1. The summed E-state index contributed by atoms with van der Waals surface area (Å²) < 4.78 is 6.15. The van der Waals surface area contributed by atoms with Crippen LogP contribution in [0.5, 0.6) is 11.5 Å². The minimum absolute atomic E-state index is 0.000724. The van der Waals surface area contributed by atoms with Crippen LogP contribution in [0.3, 0.4) is 0 Å². The first kappa shape index (κ1) is 14.7. The zero-order chi connectivity index (χ0) is 14.7. The highest BCUT2D eigenvalue weighted by Crippen LogP contribution is 2.31. The van der Waals surface area contributed by atoms with E-state index >= 15 is 0 Å². The predicted molar refractivity (Wildman–Crippen MR) is 85.6 cm³/mol. The van der Waals surface area contributed by atoms with Gasteiger partial charge in [-0.1, -0.05) is 15.9 Å². The van der Waals surface area contributed by atoms with Crippen molar-refractivity contribution in [1.82, 2.24) is 0 Å². The lowest BCUT2D eigenvalue weighted by Gasteiger charge is -2.19. The van der Waals surface area contributed by atoms with Crippen LogP contribution in [-0.2, 0) is 0 Å². The second-order valence-electron chi connectivity index (χ2n) is 4.75. The van der Waals surface area contributed by atoms with Gasteiger partial charge in [0.2, 0.25) is 0 Å². The summed E-state index contributed by atoms with van der Waals surface area (Å²) in [5.41, 5.74) is 3.04. The van der Waals surface area contributed by atoms with Crippen molar-refractivity contribution in [3.05, 3.63) is 52.0 Å². The summed E-state index contributed by atoms with van der Waals surface area (Å²) in [6.45, 7) is 4.07. The molecule has 0 saturated heterocycles. The van der Waals surface area contributed by atoms with Crippen LogP contribution in [0.25, 0.3) is 0 Å². The van der Waals surface area contributed by atoms with E-state index in [4.69, 9.17) is 4.74 Å². The predicted octanol–water partition coefficient (Wildman–Crippen LogP) is 4.64. The molecule has 0 aliphatic heterocycles. The molecule has 0 bridgehead atoms. The Labute approximate surface area is 127 Å². The SMILES string of the molecule is COc1ccc(C(C)Nc2ccc(Br)cc2C)c(O)c1. The van der Waals surface area contributed by atoms with Gasteiger partial charge in [-0.05, 0) is 49.7 Å². The van der Waals surface area contributed by atoms with Gasteiger partial charge in [0, 0.05) is 21.8 Å². The van der Waals surface area contributed by atoms with Crippen molar-refractivity contribution in [2.45, 2.75) is 19.9 Å². The van der Waals surface area contributed by atoms with E-state index in [0.29, 0.717) is 5.75 Å². The third-order valence-corrected chi connectivity index (χ3v) is 3.76. The molecule has 0 radical (unpaired) electrons. The number of phenols is 1. The Morgan fingerprint density at radius 3 is 2.55 bits per heavy atom. The maximum absolute atomic E-state index is 10.1. The van der Waals surface area contributed by atoms with Gasteiger partial charge in [-0.15, -0.1) is 0 Å². The molecule has 0 fully saturated rings. The van der Waals surface area contributed by atoms with Crippen molar-refractivity contribution in [2.75, 3.05) is 12.4 Å². The second-order valence-corrected chi connectivity index (χ2v) is 5.67. The second kappa shape index (κ2) is 6.18. The molecule has 2 aromatic carbocycles. The zero-order valence-electron chi connectivity index (χ0n) is 11.8. The minimum Gasteiger partial charge on any atom is -0.507 e.